The minimum absolute atomic E-state index is 0.147. The summed E-state index contributed by atoms with van der Waals surface area (Å²) in [4.78, 5) is 16.2. The highest BCUT2D eigenvalue weighted by Gasteiger charge is 2.29. The molecule has 0 atom stereocenters. The van der Waals surface area contributed by atoms with Crippen molar-refractivity contribution in [3.8, 4) is 0 Å². The lowest BCUT2D eigenvalue weighted by molar-refractivity contribution is 0.369. The van der Waals surface area contributed by atoms with Gasteiger partial charge in [0.1, 0.15) is 11.0 Å². The molecule has 2 aromatic heterocycles. The number of hydrogen-bond donors (Lipinski definition) is 0. The molecule has 3 rings (SSSR count). The summed E-state index contributed by atoms with van der Waals surface area (Å²) in [6.45, 7) is 2.20. The van der Waals surface area contributed by atoms with E-state index >= 15 is 0 Å². The van der Waals surface area contributed by atoms with Gasteiger partial charge in [0.05, 0.1) is 12.2 Å². The summed E-state index contributed by atoms with van der Waals surface area (Å²) >= 11 is 5.84. The van der Waals surface area contributed by atoms with Crippen LogP contribution in [0.5, 0.6) is 0 Å². The molecule has 0 aliphatic heterocycles. The predicted molar refractivity (Wildman–Crippen MR) is 65.8 cm³/mol. The van der Waals surface area contributed by atoms with Gasteiger partial charge in [-0.15, -0.1) is 0 Å². The first kappa shape index (κ1) is 11.5. The molecule has 94 valence electrons. The Morgan fingerprint density at radius 3 is 2.89 bits per heavy atom. The van der Waals surface area contributed by atoms with Crippen LogP contribution < -0.4 is 5.56 Å². The molecule has 1 aliphatic rings. The smallest absolute Gasteiger partial charge is 0.255 e. The average Bonchev–Trinajstić information content (AvgIpc) is 3.06. The fourth-order valence-corrected chi connectivity index (χ4v) is 2.13. The standard InChI is InChI=1S/C12H12ClN3O2/c1-7-4-9(18-15-7)6-16-11(17)5-10(13)14-12(16)8-2-3-8/h4-5,8H,2-3,6H2,1H3. The Labute approximate surface area is 108 Å². The van der Waals surface area contributed by atoms with Gasteiger partial charge in [0.25, 0.3) is 5.56 Å². The van der Waals surface area contributed by atoms with E-state index in [-0.39, 0.29) is 10.7 Å². The number of halogens is 1. The van der Waals surface area contributed by atoms with Crippen molar-refractivity contribution in [1.82, 2.24) is 14.7 Å². The second-order valence-corrected chi connectivity index (χ2v) is 4.96. The number of aromatic nitrogens is 3. The van der Waals surface area contributed by atoms with Crippen molar-refractivity contribution in [2.45, 2.75) is 32.2 Å². The fourth-order valence-electron chi connectivity index (χ4n) is 1.95. The summed E-state index contributed by atoms with van der Waals surface area (Å²) in [6, 6.07) is 3.15. The van der Waals surface area contributed by atoms with Crippen LogP contribution in [-0.4, -0.2) is 14.7 Å². The molecule has 0 unspecified atom stereocenters. The van der Waals surface area contributed by atoms with Crippen molar-refractivity contribution in [2.75, 3.05) is 0 Å². The first-order valence-corrected chi connectivity index (χ1v) is 6.21. The molecule has 6 heteroatoms. The first-order valence-electron chi connectivity index (χ1n) is 5.83. The van der Waals surface area contributed by atoms with E-state index in [1.165, 1.54) is 6.07 Å². The highest BCUT2D eigenvalue weighted by atomic mass is 35.5. The van der Waals surface area contributed by atoms with Gasteiger partial charge in [0.15, 0.2) is 5.76 Å². The molecular formula is C12H12ClN3O2. The van der Waals surface area contributed by atoms with Gasteiger partial charge in [-0.2, -0.15) is 0 Å². The Bertz CT molecular complexity index is 643. The van der Waals surface area contributed by atoms with E-state index in [2.05, 4.69) is 10.1 Å². The Morgan fingerprint density at radius 1 is 1.50 bits per heavy atom. The molecule has 0 N–H and O–H groups in total. The van der Waals surface area contributed by atoms with Crippen LogP contribution in [-0.2, 0) is 6.54 Å². The average molecular weight is 266 g/mol. The molecule has 2 heterocycles. The minimum Gasteiger partial charge on any atom is -0.359 e. The van der Waals surface area contributed by atoms with E-state index in [4.69, 9.17) is 16.1 Å². The molecule has 1 aliphatic carbocycles. The van der Waals surface area contributed by atoms with E-state index in [0.29, 0.717) is 18.2 Å². The third-order valence-electron chi connectivity index (χ3n) is 2.94. The van der Waals surface area contributed by atoms with E-state index in [1.807, 2.05) is 13.0 Å². The third-order valence-corrected chi connectivity index (χ3v) is 3.13. The summed E-state index contributed by atoms with van der Waals surface area (Å²) < 4.78 is 6.75. The SMILES string of the molecule is Cc1cc(Cn2c(C3CC3)nc(Cl)cc2=O)on1. The molecule has 1 fully saturated rings. The fraction of sp³-hybridized carbons (Fsp3) is 0.417. The van der Waals surface area contributed by atoms with Crippen LogP contribution in [0.15, 0.2) is 21.5 Å². The molecule has 0 spiro atoms. The van der Waals surface area contributed by atoms with Crippen LogP contribution in [0.4, 0.5) is 0 Å². The van der Waals surface area contributed by atoms with Gasteiger partial charge in [-0.25, -0.2) is 4.98 Å². The zero-order valence-corrected chi connectivity index (χ0v) is 10.6. The predicted octanol–water partition coefficient (Wildman–Crippen LogP) is 2.12. The van der Waals surface area contributed by atoms with Crippen LogP contribution in [0, 0.1) is 6.92 Å². The molecule has 0 bridgehead atoms. The van der Waals surface area contributed by atoms with E-state index < -0.39 is 0 Å². The highest BCUT2D eigenvalue weighted by molar-refractivity contribution is 6.29. The molecule has 2 aromatic rings. The summed E-state index contributed by atoms with van der Waals surface area (Å²) in [5.41, 5.74) is 0.652. The number of aryl methyl sites for hydroxylation is 1. The molecular weight excluding hydrogens is 254 g/mol. The maximum absolute atomic E-state index is 12.0. The number of nitrogens with zero attached hydrogens (tertiary/aromatic N) is 3. The molecule has 18 heavy (non-hydrogen) atoms. The Hall–Kier alpha value is -1.62. The van der Waals surface area contributed by atoms with Gasteiger partial charge in [0, 0.05) is 18.1 Å². The summed E-state index contributed by atoms with van der Waals surface area (Å²) in [5, 5.41) is 4.07. The van der Waals surface area contributed by atoms with Gasteiger partial charge in [-0.3, -0.25) is 9.36 Å². The zero-order chi connectivity index (χ0) is 12.7. The van der Waals surface area contributed by atoms with Crippen LogP contribution in [0.25, 0.3) is 0 Å². The van der Waals surface area contributed by atoms with Crippen molar-refractivity contribution in [1.29, 1.82) is 0 Å². The van der Waals surface area contributed by atoms with Crippen molar-refractivity contribution in [2.24, 2.45) is 0 Å². The lowest BCUT2D eigenvalue weighted by atomic mass is 10.3. The summed E-state index contributed by atoms with van der Waals surface area (Å²) in [7, 11) is 0. The van der Waals surface area contributed by atoms with Gasteiger partial charge < -0.3 is 4.52 Å². The normalized spacial score (nSPS) is 15.0. The van der Waals surface area contributed by atoms with Crippen molar-refractivity contribution in [3.05, 3.63) is 44.9 Å². The van der Waals surface area contributed by atoms with Crippen LogP contribution in [0.2, 0.25) is 5.15 Å². The second-order valence-electron chi connectivity index (χ2n) is 4.57. The lowest BCUT2D eigenvalue weighted by Crippen LogP contribution is -2.24. The highest BCUT2D eigenvalue weighted by Crippen LogP contribution is 2.38. The van der Waals surface area contributed by atoms with E-state index in [1.54, 1.807) is 4.57 Å². The number of hydrogen-bond acceptors (Lipinski definition) is 4. The van der Waals surface area contributed by atoms with Crippen molar-refractivity contribution >= 4 is 11.6 Å². The minimum atomic E-state index is -0.147. The maximum atomic E-state index is 12.0. The van der Waals surface area contributed by atoms with Crippen LogP contribution in [0.1, 0.15) is 36.0 Å². The molecule has 5 nitrogen and oxygen atoms in total. The van der Waals surface area contributed by atoms with Gasteiger partial charge in [-0.1, -0.05) is 16.8 Å². The van der Waals surface area contributed by atoms with E-state index in [9.17, 15) is 4.79 Å². The van der Waals surface area contributed by atoms with Gasteiger partial charge in [-0.05, 0) is 19.8 Å². The quantitative estimate of drug-likeness (QED) is 0.798. The molecule has 1 saturated carbocycles. The van der Waals surface area contributed by atoms with Crippen LogP contribution in [0.3, 0.4) is 0 Å². The lowest BCUT2D eigenvalue weighted by Gasteiger charge is -2.09. The zero-order valence-electron chi connectivity index (χ0n) is 9.89. The van der Waals surface area contributed by atoms with E-state index in [0.717, 1.165) is 24.4 Å². The molecule has 0 amide bonds. The van der Waals surface area contributed by atoms with Crippen molar-refractivity contribution < 1.29 is 4.52 Å². The Balaban J connectivity index is 2.02. The van der Waals surface area contributed by atoms with Gasteiger partial charge >= 0.3 is 0 Å². The van der Waals surface area contributed by atoms with Crippen LogP contribution >= 0.6 is 11.6 Å². The Morgan fingerprint density at radius 2 is 2.28 bits per heavy atom. The largest absolute Gasteiger partial charge is 0.359 e. The Kier molecular flexibility index (Phi) is 2.70. The monoisotopic (exact) mass is 265 g/mol. The van der Waals surface area contributed by atoms with Gasteiger partial charge in [0.2, 0.25) is 0 Å². The molecule has 0 saturated heterocycles. The number of rotatable bonds is 3. The topological polar surface area (TPSA) is 60.9 Å². The second kappa shape index (κ2) is 4.24. The molecule has 0 radical (unpaired) electrons. The van der Waals surface area contributed by atoms with Crippen molar-refractivity contribution in [3.63, 3.8) is 0 Å². The molecule has 0 aromatic carbocycles. The maximum Gasteiger partial charge on any atom is 0.255 e. The third kappa shape index (κ3) is 2.18. The summed E-state index contributed by atoms with van der Waals surface area (Å²) in [6.07, 6.45) is 2.12. The first-order chi connectivity index (χ1) is 8.63. The summed E-state index contributed by atoms with van der Waals surface area (Å²) in [5.74, 6) is 1.75.